The highest BCUT2D eigenvalue weighted by Gasteiger charge is 2.63. The number of fused-ring (bicyclic) bond motifs is 5. The van der Waals surface area contributed by atoms with E-state index in [1.165, 1.54) is 4.90 Å². The summed E-state index contributed by atoms with van der Waals surface area (Å²) in [6.07, 6.45) is 1.33. The van der Waals surface area contributed by atoms with Gasteiger partial charge in [-0.3, -0.25) is 24.0 Å². The molecule has 4 rings (SSSR count). The van der Waals surface area contributed by atoms with Crippen LogP contribution in [0.25, 0.3) is 0 Å². The van der Waals surface area contributed by atoms with Crippen molar-refractivity contribution in [2.45, 2.75) is 65.3 Å². The lowest BCUT2D eigenvalue weighted by atomic mass is 9.81. The lowest BCUT2D eigenvalue weighted by Gasteiger charge is -2.24. The predicted molar refractivity (Wildman–Crippen MR) is 100 cm³/mol. The van der Waals surface area contributed by atoms with Crippen LogP contribution < -0.4 is 5.32 Å². The first-order chi connectivity index (χ1) is 13.3. The second-order valence-electron chi connectivity index (χ2n) is 8.52. The fourth-order valence-electron chi connectivity index (χ4n) is 4.88. The zero-order valence-corrected chi connectivity index (χ0v) is 16.8. The van der Waals surface area contributed by atoms with Gasteiger partial charge >= 0.3 is 0 Å². The van der Waals surface area contributed by atoms with Gasteiger partial charge in [0.15, 0.2) is 0 Å². The maximum absolute atomic E-state index is 12.8. The van der Waals surface area contributed by atoms with Crippen LogP contribution in [0.3, 0.4) is 0 Å². The molecule has 3 amide bonds. The normalized spacial score (nSPS) is 30.6. The second-order valence-corrected chi connectivity index (χ2v) is 8.52. The van der Waals surface area contributed by atoms with Crippen LogP contribution >= 0.6 is 0 Å². The Morgan fingerprint density at radius 1 is 1.21 bits per heavy atom. The van der Waals surface area contributed by atoms with E-state index in [9.17, 15) is 14.4 Å². The Morgan fingerprint density at radius 2 is 1.82 bits per heavy atom. The Balaban J connectivity index is 1.34. The number of carbonyl (C=O) groups excluding carboxylic acids is 3. The van der Waals surface area contributed by atoms with Gasteiger partial charge in [-0.2, -0.15) is 5.10 Å². The zero-order valence-electron chi connectivity index (χ0n) is 16.8. The average Bonchev–Trinajstić information content (AvgIpc) is 3.38. The summed E-state index contributed by atoms with van der Waals surface area (Å²) >= 11 is 0. The van der Waals surface area contributed by atoms with Crippen molar-refractivity contribution < 1.29 is 19.1 Å². The molecule has 8 heteroatoms. The van der Waals surface area contributed by atoms with Gasteiger partial charge in [0.25, 0.3) is 0 Å². The molecule has 152 valence electrons. The van der Waals surface area contributed by atoms with Crippen LogP contribution in [0.1, 0.15) is 38.1 Å². The number of amides is 3. The third-order valence-electron chi connectivity index (χ3n) is 6.30. The lowest BCUT2D eigenvalue weighted by molar-refractivity contribution is -0.149. The molecule has 8 nitrogen and oxygen atoms in total. The number of aryl methyl sites for hydroxylation is 2. The summed E-state index contributed by atoms with van der Waals surface area (Å²) in [5.41, 5.74) is 2.05. The molecule has 0 radical (unpaired) electrons. The minimum absolute atomic E-state index is 0.160. The van der Waals surface area contributed by atoms with Crippen LogP contribution in [0.5, 0.6) is 0 Å². The van der Waals surface area contributed by atoms with E-state index in [1.807, 2.05) is 31.5 Å². The molecule has 1 N–H and O–H groups in total. The Labute approximate surface area is 164 Å². The molecule has 0 aliphatic carbocycles. The van der Waals surface area contributed by atoms with Gasteiger partial charge in [0.05, 0.1) is 29.7 Å². The molecule has 4 heterocycles. The number of hydrogen-bond donors (Lipinski definition) is 1. The number of aromatic nitrogens is 2. The summed E-state index contributed by atoms with van der Waals surface area (Å²) in [7, 11) is 0. The number of nitrogens with zero attached hydrogens (tertiary/aromatic N) is 3. The average molecular weight is 388 g/mol. The third kappa shape index (κ3) is 3.03. The minimum Gasteiger partial charge on any atom is -0.373 e. The molecule has 2 bridgehead atoms. The van der Waals surface area contributed by atoms with E-state index in [-0.39, 0.29) is 35.8 Å². The summed E-state index contributed by atoms with van der Waals surface area (Å²) in [5, 5.41) is 7.34. The SMILES string of the molecule is Cc1cc(C)n(C[C@H](C)CNC(=O)[C@H](C)N2C(=O)[C@@H]3[C@H](C2=O)[C@H]2CC[C@H]3O2)n1. The van der Waals surface area contributed by atoms with Crippen LogP contribution in [0, 0.1) is 31.6 Å². The molecule has 0 spiro atoms. The Kier molecular flexibility index (Phi) is 4.77. The quantitative estimate of drug-likeness (QED) is 0.728. The Morgan fingerprint density at radius 3 is 2.36 bits per heavy atom. The van der Waals surface area contributed by atoms with Crippen LogP contribution in [-0.4, -0.2) is 57.2 Å². The van der Waals surface area contributed by atoms with E-state index >= 15 is 0 Å². The number of hydrogen-bond acceptors (Lipinski definition) is 5. The third-order valence-corrected chi connectivity index (χ3v) is 6.30. The Bertz CT molecular complexity index is 791. The zero-order chi connectivity index (χ0) is 20.2. The smallest absolute Gasteiger partial charge is 0.243 e. The summed E-state index contributed by atoms with van der Waals surface area (Å²) in [6, 6.07) is 1.22. The topological polar surface area (TPSA) is 93.5 Å². The van der Waals surface area contributed by atoms with E-state index in [4.69, 9.17) is 4.74 Å². The van der Waals surface area contributed by atoms with Gasteiger partial charge in [0.2, 0.25) is 17.7 Å². The van der Waals surface area contributed by atoms with Crippen LogP contribution in [0.4, 0.5) is 0 Å². The second kappa shape index (κ2) is 6.99. The van der Waals surface area contributed by atoms with Crippen molar-refractivity contribution in [1.82, 2.24) is 20.0 Å². The highest BCUT2D eigenvalue weighted by atomic mass is 16.5. The van der Waals surface area contributed by atoms with Gasteiger partial charge in [-0.15, -0.1) is 0 Å². The number of imide groups is 1. The number of likely N-dealkylation sites (tertiary alicyclic amines) is 1. The van der Waals surface area contributed by atoms with E-state index in [0.29, 0.717) is 13.1 Å². The van der Waals surface area contributed by atoms with E-state index in [2.05, 4.69) is 10.4 Å². The van der Waals surface area contributed by atoms with Crippen molar-refractivity contribution in [2.24, 2.45) is 17.8 Å². The van der Waals surface area contributed by atoms with Gasteiger partial charge in [-0.1, -0.05) is 6.92 Å². The first-order valence-corrected chi connectivity index (χ1v) is 10.1. The van der Waals surface area contributed by atoms with Crippen molar-refractivity contribution in [3.63, 3.8) is 0 Å². The van der Waals surface area contributed by atoms with E-state index in [0.717, 1.165) is 24.2 Å². The Hall–Kier alpha value is -2.22. The van der Waals surface area contributed by atoms with Gasteiger partial charge in [-0.05, 0) is 45.6 Å². The highest BCUT2D eigenvalue weighted by Crippen LogP contribution is 2.48. The van der Waals surface area contributed by atoms with Crippen molar-refractivity contribution in [3.05, 3.63) is 17.5 Å². The van der Waals surface area contributed by atoms with Crippen LogP contribution in [0.2, 0.25) is 0 Å². The summed E-state index contributed by atoms with van der Waals surface area (Å²) < 4.78 is 7.67. The monoisotopic (exact) mass is 388 g/mol. The molecule has 3 fully saturated rings. The summed E-state index contributed by atoms with van der Waals surface area (Å²) in [4.78, 5) is 39.4. The summed E-state index contributed by atoms with van der Waals surface area (Å²) in [5.74, 6) is -1.42. The van der Waals surface area contributed by atoms with Gasteiger partial charge in [-0.25, -0.2) is 0 Å². The highest BCUT2D eigenvalue weighted by molar-refractivity contribution is 6.09. The predicted octanol–water partition coefficient (Wildman–Crippen LogP) is 0.803. The van der Waals surface area contributed by atoms with Crippen LogP contribution in [0.15, 0.2) is 6.07 Å². The maximum atomic E-state index is 12.8. The van der Waals surface area contributed by atoms with Crippen molar-refractivity contribution in [1.29, 1.82) is 0 Å². The molecular weight excluding hydrogens is 360 g/mol. The molecule has 3 saturated heterocycles. The molecule has 1 aromatic heterocycles. The number of ether oxygens (including phenoxy) is 1. The number of carbonyl (C=O) groups is 3. The largest absolute Gasteiger partial charge is 0.373 e. The molecule has 3 aliphatic rings. The molecule has 28 heavy (non-hydrogen) atoms. The lowest BCUT2D eigenvalue weighted by Crippen LogP contribution is -2.50. The van der Waals surface area contributed by atoms with Gasteiger partial charge < -0.3 is 10.1 Å². The standard InChI is InChI=1S/C20H28N4O4/c1-10(9-23-12(3)7-11(2)22-23)8-21-18(25)13(4)24-19(26)16-14-5-6-15(28-14)17(16)20(24)27/h7,10,13-17H,5-6,8-9H2,1-4H3,(H,21,25)/t10-,13+,14-,15-,16-,17+/m1/s1. The first kappa shape index (κ1) is 19.1. The van der Waals surface area contributed by atoms with Gasteiger partial charge in [0, 0.05) is 18.8 Å². The number of nitrogens with one attached hydrogen (secondary N) is 1. The van der Waals surface area contributed by atoms with E-state index in [1.54, 1.807) is 6.92 Å². The fraction of sp³-hybridized carbons (Fsp3) is 0.700. The fourth-order valence-corrected chi connectivity index (χ4v) is 4.88. The van der Waals surface area contributed by atoms with Crippen molar-refractivity contribution >= 4 is 17.7 Å². The van der Waals surface area contributed by atoms with Crippen molar-refractivity contribution in [3.8, 4) is 0 Å². The first-order valence-electron chi connectivity index (χ1n) is 10.1. The van der Waals surface area contributed by atoms with Crippen LogP contribution in [-0.2, 0) is 25.7 Å². The molecule has 0 aromatic carbocycles. The van der Waals surface area contributed by atoms with Crippen molar-refractivity contribution in [2.75, 3.05) is 6.54 Å². The maximum Gasteiger partial charge on any atom is 0.243 e. The molecule has 1 aromatic rings. The molecule has 6 atom stereocenters. The minimum atomic E-state index is -0.800. The summed E-state index contributed by atoms with van der Waals surface area (Å²) in [6.45, 7) is 8.77. The van der Waals surface area contributed by atoms with E-state index < -0.39 is 17.9 Å². The molecule has 0 saturated carbocycles. The molecule has 0 unspecified atom stereocenters. The molecular formula is C20H28N4O4. The number of rotatable bonds is 6. The van der Waals surface area contributed by atoms with Gasteiger partial charge in [0.1, 0.15) is 6.04 Å². The molecule has 3 aliphatic heterocycles.